The molecule has 1 unspecified atom stereocenters. The van der Waals surface area contributed by atoms with E-state index >= 15 is 0 Å². The SMILES string of the molecule is Clc1ccccc1C1CCC(c2ccc(I)cc2)=N1. The fourth-order valence-corrected chi connectivity index (χ4v) is 3.04. The zero-order valence-electron chi connectivity index (χ0n) is 10.3. The summed E-state index contributed by atoms with van der Waals surface area (Å²) >= 11 is 8.57. The average molecular weight is 382 g/mol. The molecule has 0 radical (unpaired) electrons. The molecular formula is C16H13ClIN. The van der Waals surface area contributed by atoms with Crippen LogP contribution in [0.2, 0.25) is 5.02 Å². The quantitative estimate of drug-likeness (QED) is 0.629. The highest BCUT2D eigenvalue weighted by atomic mass is 127. The molecule has 96 valence electrons. The van der Waals surface area contributed by atoms with Gasteiger partial charge in [0.05, 0.1) is 6.04 Å². The summed E-state index contributed by atoms with van der Waals surface area (Å²) in [5.41, 5.74) is 3.57. The Labute approximate surface area is 131 Å². The summed E-state index contributed by atoms with van der Waals surface area (Å²) in [4.78, 5) is 4.85. The van der Waals surface area contributed by atoms with Gasteiger partial charge in [-0.2, -0.15) is 0 Å². The van der Waals surface area contributed by atoms with Gasteiger partial charge in [0.25, 0.3) is 0 Å². The Morgan fingerprint density at radius 3 is 2.53 bits per heavy atom. The molecule has 1 heterocycles. The van der Waals surface area contributed by atoms with Crippen molar-refractivity contribution in [2.45, 2.75) is 18.9 Å². The standard InChI is InChI=1S/C16H13ClIN/c17-14-4-2-1-3-13(14)16-10-9-15(19-16)11-5-7-12(18)8-6-11/h1-8,16H,9-10H2. The number of nitrogens with zero attached hydrogens (tertiary/aromatic N) is 1. The Balaban J connectivity index is 1.89. The Bertz CT molecular complexity index is 619. The van der Waals surface area contributed by atoms with Crippen molar-refractivity contribution in [1.29, 1.82) is 0 Å². The number of halogens is 2. The Morgan fingerprint density at radius 1 is 1.05 bits per heavy atom. The summed E-state index contributed by atoms with van der Waals surface area (Å²) in [6.07, 6.45) is 2.07. The minimum Gasteiger partial charge on any atom is -0.281 e. The van der Waals surface area contributed by atoms with Gasteiger partial charge in [0, 0.05) is 14.3 Å². The zero-order chi connectivity index (χ0) is 13.2. The second-order valence-corrected chi connectivity index (χ2v) is 6.31. The van der Waals surface area contributed by atoms with Crippen molar-refractivity contribution in [3.8, 4) is 0 Å². The Kier molecular flexibility index (Phi) is 3.89. The molecule has 0 N–H and O–H groups in total. The first kappa shape index (κ1) is 13.1. The lowest BCUT2D eigenvalue weighted by Gasteiger charge is -2.08. The molecular weight excluding hydrogens is 369 g/mol. The van der Waals surface area contributed by atoms with Gasteiger partial charge in [-0.15, -0.1) is 0 Å². The highest BCUT2D eigenvalue weighted by Crippen LogP contribution is 2.34. The summed E-state index contributed by atoms with van der Waals surface area (Å²) in [6.45, 7) is 0. The molecule has 1 nitrogen and oxygen atoms in total. The predicted molar refractivity (Wildman–Crippen MR) is 89.1 cm³/mol. The van der Waals surface area contributed by atoms with Gasteiger partial charge in [-0.25, -0.2) is 0 Å². The Hall–Kier alpha value is -0.870. The van der Waals surface area contributed by atoms with E-state index in [1.54, 1.807) is 0 Å². The lowest BCUT2D eigenvalue weighted by Crippen LogP contribution is -1.95. The number of hydrogen-bond acceptors (Lipinski definition) is 1. The number of rotatable bonds is 2. The molecule has 3 heteroatoms. The third kappa shape index (κ3) is 2.84. The first-order valence-corrected chi connectivity index (χ1v) is 7.77. The fraction of sp³-hybridized carbons (Fsp3) is 0.188. The summed E-state index contributed by atoms with van der Waals surface area (Å²) in [5, 5.41) is 0.820. The first-order chi connectivity index (χ1) is 9.24. The molecule has 0 spiro atoms. The summed E-state index contributed by atoms with van der Waals surface area (Å²) in [7, 11) is 0. The second-order valence-electron chi connectivity index (χ2n) is 4.66. The highest BCUT2D eigenvalue weighted by Gasteiger charge is 2.21. The van der Waals surface area contributed by atoms with Crippen LogP contribution in [-0.2, 0) is 0 Å². The zero-order valence-corrected chi connectivity index (χ0v) is 13.2. The molecule has 0 saturated carbocycles. The van der Waals surface area contributed by atoms with Gasteiger partial charge in [-0.05, 0) is 64.8 Å². The molecule has 19 heavy (non-hydrogen) atoms. The molecule has 0 aliphatic carbocycles. The van der Waals surface area contributed by atoms with Gasteiger partial charge in [0.2, 0.25) is 0 Å². The largest absolute Gasteiger partial charge is 0.281 e. The molecule has 1 aliphatic rings. The molecule has 0 bridgehead atoms. The lowest BCUT2D eigenvalue weighted by molar-refractivity contribution is 0.723. The van der Waals surface area contributed by atoms with Crippen LogP contribution < -0.4 is 0 Å². The van der Waals surface area contributed by atoms with E-state index in [0.29, 0.717) is 0 Å². The van der Waals surface area contributed by atoms with E-state index in [9.17, 15) is 0 Å². The van der Waals surface area contributed by atoms with Crippen molar-refractivity contribution >= 4 is 39.9 Å². The summed E-state index contributed by atoms with van der Waals surface area (Å²) < 4.78 is 1.25. The molecule has 3 rings (SSSR count). The van der Waals surface area contributed by atoms with Crippen molar-refractivity contribution in [2.24, 2.45) is 4.99 Å². The van der Waals surface area contributed by atoms with E-state index in [1.807, 2.05) is 18.2 Å². The van der Waals surface area contributed by atoms with E-state index in [2.05, 4.69) is 52.9 Å². The van der Waals surface area contributed by atoms with Gasteiger partial charge in [-0.1, -0.05) is 41.9 Å². The minimum absolute atomic E-state index is 0.211. The molecule has 0 fully saturated rings. The molecule has 0 saturated heterocycles. The van der Waals surface area contributed by atoms with Crippen LogP contribution in [0.15, 0.2) is 53.5 Å². The van der Waals surface area contributed by atoms with Crippen molar-refractivity contribution in [2.75, 3.05) is 0 Å². The van der Waals surface area contributed by atoms with Gasteiger partial charge in [0.15, 0.2) is 0 Å². The lowest BCUT2D eigenvalue weighted by atomic mass is 10.0. The molecule has 2 aromatic carbocycles. The van der Waals surface area contributed by atoms with Crippen LogP contribution in [0.5, 0.6) is 0 Å². The monoisotopic (exact) mass is 381 g/mol. The molecule has 2 aromatic rings. The molecule has 0 amide bonds. The van der Waals surface area contributed by atoms with E-state index in [0.717, 1.165) is 23.4 Å². The topological polar surface area (TPSA) is 12.4 Å². The van der Waals surface area contributed by atoms with Gasteiger partial charge >= 0.3 is 0 Å². The van der Waals surface area contributed by atoms with Gasteiger partial charge in [-0.3, -0.25) is 4.99 Å². The van der Waals surface area contributed by atoms with Crippen molar-refractivity contribution in [3.63, 3.8) is 0 Å². The van der Waals surface area contributed by atoms with Crippen molar-refractivity contribution in [3.05, 3.63) is 68.3 Å². The first-order valence-electron chi connectivity index (χ1n) is 6.31. The van der Waals surface area contributed by atoms with E-state index in [1.165, 1.54) is 14.8 Å². The Morgan fingerprint density at radius 2 is 1.79 bits per heavy atom. The second kappa shape index (κ2) is 5.63. The van der Waals surface area contributed by atoms with E-state index in [-0.39, 0.29) is 6.04 Å². The molecule has 0 aromatic heterocycles. The van der Waals surface area contributed by atoms with Crippen LogP contribution in [0.25, 0.3) is 0 Å². The van der Waals surface area contributed by atoms with Crippen molar-refractivity contribution in [1.82, 2.24) is 0 Å². The highest BCUT2D eigenvalue weighted by molar-refractivity contribution is 14.1. The number of hydrogen-bond donors (Lipinski definition) is 0. The predicted octanol–water partition coefficient (Wildman–Crippen LogP) is 5.27. The van der Waals surface area contributed by atoms with Crippen LogP contribution in [0, 0.1) is 3.57 Å². The van der Waals surface area contributed by atoms with Crippen LogP contribution in [0.4, 0.5) is 0 Å². The van der Waals surface area contributed by atoms with Crippen molar-refractivity contribution < 1.29 is 0 Å². The third-order valence-corrected chi connectivity index (χ3v) is 4.47. The molecule has 1 aliphatic heterocycles. The smallest absolute Gasteiger partial charge is 0.0770 e. The van der Waals surface area contributed by atoms with Crippen LogP contribution >= 0.6 is 34.2 Å². The third-order valence-electron chi connectivity index (χ3n) is 3.41. The maximum atomic E-state index is 6.25. The molecule has 1 atom stereocenters. The maximum absolute atomic E-state index is 6.25. The van der Waals surface area contributed by atoms with E-state index < -0.39 is 0 Å². The summed E-state index contributed by atoms with van der Waals surface area (Å²) in [5.74, 6) is 0. The number of benzene rings is 2. The minimum atomic E-state index is 0.211. The van der Waals surface area contributed by atoms with Gasteiger partial charge in [0.1, 0.15) is 0 Å². The summed E-state index contributed by atoms with van der Waals surface area (Å²) in [6, 6.07) is 16.8. The van der Waals surface area contributed by atoms with E-state index in [4.69, 9.17) is 16.6 Å². The van der Waals surface area contributed by atoms with Crippen LogP contribution in [0.1, 0.15) is 30.0 Å². The van der Waals surface area contributed by atoms with Gasteiger partial charge < -0.3 is 0 Å². The fourth-order valence-electron chi connectivity index (χ4n) is 2.42. The normalized spacial score (nSPS) is 18.4. The van der Waals surface area contributed by atoms with Crippen LogP contribution in [0.3, 0.4) is 0 Å². The average Bonchev–Trinajstić information content (AvgIpc) is 2.89. The maximum Gasteiger partial charge on any atom is 0.0770 e. The number of aliphatic imine (C=N–C) groups is 1. The van der Waals surface area contributed by atoms with Crippen LogP contribution in [-0.4, -0.2) is 5.71 Å².